The standard InChI is InChI=1S/C16H11ClN4O2/c17-14-6-3-11(9-20-14)16(23)21-13-4-1-10(2-5-13)7-12(8-18)15(19)22/h1-7,9H,(H2,19,22)(H,21,23). The van der Waals surface area contributed by atoms with E-state index in [1.807, 2.05) is 0 Å². The van der Waals surface area contributed by atoms with Crippen molar-refractivity contribution in [1.82, 2.24) is 4.98 Å². The van der Waals surface area contributed by atoms with Gasteiger partial charge in [0.15, 0.2) is 0 Å². The Bertz CT molecular complexity index is 805. The summed E-state index contributed by atoms with van der Waals surface area (Å²) >= 11 is 5.67. The van der Waals surface area contributed by atoms with Crippen LogP contribution in [0.3, 0.4) is 0 Å². The normalized spacial score (nSPS) is 10.7. The van der Waals surface area contributed by atoms with Gasteiger partial charge in [-0.1, -0.05) is 23.7 Å². The molecule has 3 N–H and O–H groups in total. The van der Waals surface area contributed by atoms with Crippen LogP contribution in [-0.4, -0.2) is 16.8 Å². The SMILES string of the molecule is N#CC(=Cc1ccc(NC(=O)c2ccc(Cl)nc2)cc1)C(N)=O. The minimum absolute atomic E-state index is 0.144. The predicted molar refractivity (Wildman–Crippen MR) is 86.4 cm³/mol. The molecule has 1 aromatic carbocycles. The van der Waals surface area contributed by atoms with Crippen molar-refractivity contribution in [3.63, 3.8) is 0 Å². The summed E-state index contributed by atoms with van der Waals surface area (Å²) in [6, 6.07) is 11.4. The monoisotopic (exact) mass is 326 g/mol. The van der Waals surface area contributed by atoms with Crippen LogP contribution in [0.15, 0.2) is 48.2 Å². The molecule has 0 spiro atoms. The van der Waals surface area contributed by atoms with E-state index in [0.29, 0.717) is 22.0 Å². The third kappa shape index (κ3) is 4.40. The number of hydrogen-bond acceptors (Lipinski definition) is 4. The van der Waals surface area contributed by atoms with Crippen LogP contribution in [-0.2, 0) is 4.79 Å². The van der Waals surface area contributed by atoms with Crippen molar-refractivity contribution in [3.8, 4) is 6.07 Å². The van der Waals surface area contributed by atoms with Crippen LogP contribution in [0.25, 0.3) is 6.08 Å². The largest absolute Gasteiger partial charge is 0.365 e. The van der Waals surface area contributed by atoms with E-state index in [-0.39, 0.29) is 11.5 Å². The molecule has 7 heteroatoms. The fraction of sp³-hybridized carbons (Fsp3) is 0. The molecule has 2 rings (SSSR count). The van der Waals surface area contributed by atoms with Crippen LogP contribution in [0.5, 0.6) is 0 Å². The second kappa shape index (κ2) is 7.20. The van der Waals surface area contributed by atoms with Gasteiger partial charge in [0.05, 0.1) is 5.56 Å². The summed E-state index contributed by atoms with van der Waals surface area (Å²) in [5.74, 6) is -1.12. The molecule has 0 aliphatic heterocycles. The first-order valence-electron chi connectivity index (χ1n) is 6.44. The fourth-order valence-corrected chi connectivity index (χ4v) is 1.81. The maximum Gasteiger partial charge on any atom is 0.259 e. The van der Waals surface area contributed by atoms with Crippen LogP contribution in [0.4, 0.5) is 5.69 Å². The molecular weight excluding hydrogens is 316 g/mol. The lowest BCUT2D eigenvalue weighted by atomic mass is 10.1. The van der Waals surface area contributed by atoms with Crippen molar-refractivity contribution in [1.29, 1.82) is 5.26 Å². The highest BCUT2D eigenvalue weighted by Crippen LogP contribution is 2.14. The van der Waals surface area contributed by atoms with Crippen molar-refractivity contribution in [2.75, 3.05) is 5.32 Å². The van der Waals surface area contributed by atoms with E-state index >= 15 is 0 Å². The lowest BCUT2D eigenvalue weighted by molar-refractivity contribution is -0.114. The molecule has 1 heterocycles. The van der Waals surface area contributed by atoms with Crippen molar-refractivity contribution in [2.45, 2.75) is 0 Å². The quantitative estimate of drug-likeness (QED) is 0.510. The Labute approximate surface area is 137 Å². The Hall–Kier alpha value is -3.17. The number of pyridine rings is 1. The van der Waals surface area contributed by atoms with Gasteiger partial charge in [-0.15, -0.1) is 0 Å². The molecule has 0 radical (unpaired) electrons. The zero-order valence-corrected chi connectivity index (χ0v) is 12.5. The van der Waals surface area contributed by atoms with Gasteiger partial charge in [-0.05, 0) is 35.9 Å². The Morgan fingerprint density at radius 2 is 1.91 bits per heavy atom. The number of halogens is 1. The molecule has 0 unspecified atom stereocenters. The fourth-order valence-electron chi connectivity index (χ4n) is 1.70. The third-order valence-electron chi connectivity index (χ3n) is 2.86. The molecule has 0 atom stereocenters. The molecule has 6 nitrogen and oxygen atoms in total. The van der Waals surface area contributed by atoms with Crippen LogP contribution in [0.1, 0.15) is 15.9 Å². The van der Waals surface area contributed by atoms with Crippen LogP contribution < -0.4 is 11.1 Å². The van der Waals surface area contributed by atoms with Gasteiger partial charge in [0.2, 0.25) is 0 Å². The maximum atomic E-state index is 12.0. The molecule has 0 aliphatic carbocycles. The number of nitrogens with one attached hydrogen (secondary N) is 1. The summed E-state index contributed by atoms with van der Waals surface area (Å²) in [5, 5.41) is 11.8. The number of carbonyl (C=O) groups is 2. The van der Waals surface area contributed by atoms with Gasteiger partial charge in [0, 0.05) is 11.9 Å². The molecule has 0 aliphatic rings. The molecule has 0 fully saturated rings. The topological polar surface area (TPSA) is 109 Å². The van der Waals surface area contributed by atoms with Crippen LogP contribution >= 0.6 is 11.6 Å². The molecule has 2 aromatic rings. The van der Waals surface area contributed by atoms with E-state index in [2.05, 4.69) is 10.3 Å². The first kappa shape index (κ1) is 16.2. The molecule has 2 amide bonds. The number of amides is 2. The molecule has 0 bridgehead atoms. The molecule has 23 heavy (non-hydrogen) atoms. The van der Waals surface area contributed by atoms with E-state index in [1.54, 1.807) is 36.4 Å². The first-order valence-corrected chi connectivity index (χ1v) is 6.82. The Morgan fingerprint density at radius 1 is 1.22 bits per heavy atom. The van der Waals surface area contributed by atoms with Crippen molar-refractivity contribution < 1.29 is 9.59 Å². The Kier molecular flexibility index (Phi) is 5.07. The smallest absolute Gasteiger partial charge is 0.259 e. The summed E-state index contributed by atoms with van der Waals surface area (Å²) < 4.78 is 0. The molecule has 114 valence electrons. The lowest BCUT2D eigenvalue weighted by Gasteiger charge is -2.05. The highest BCUT2D eigenvalue weighted by molar-refractivity contribution is 6.29. The summed E-state index contributed by atoms with van der Waals surface area (Å²) in [4.78, 5) is 26.8. The zero-order valence-electron chi connectivity index (χ0n) is 11.8. The van der Waals surface area contributed by atoms with Crippen LogP contribution in [0, 0.1) is 11.3 Å². The van der Waals surface area contributed by atoms with Crippen LogP contribution in [0.2, 0.25) is 5.15 Å². The van der Waals surface area contributed by atoms with Gasteiger partial charge in [0.1, 0.15) is 16.8 Å². The van der Waals surface area contributed by atoms with Gasteiger partial charge < -0.3 is 11.1 Å². The average molecular weight is 327 g/mol. The summed E-state index contributed by atoms with van der Waals surface area (Å²) in [6.45, 7) is 0. The van der Waals surface area contributed by atoms with E-state index in [4.69, 9.17) is 22.6 Å². The van der Waals surface area contributed by atoms with Gasteiger partial charge in [-0.25, -0.2) is 4.98 Å². The number of primary amides is 1. The van der Waals surface area contributed by atoms with Crippen molar-refractivity contribution in [3.05, 3.63) is 64.4 Å². The highest BCUT2D eigenvalue weighted by atomic mass is 35.5. The number of anilines is 1. The zero-order chi connectivity index (χ0) is 16.8. The second-order valence-electron chi connectivity index (χ2n) is 4.48. The molecule has 1 aromatic heterocycles. The number of benzene rings is 1. The lowest BCUT2D eigenvalue weighted by Crippen LogP contribution is -2.12. The van der Waals surface area contributed by atoms with Gasteiger partial charge >= 0.3 is 0 Å². The summed E-state index contributed by atoms with van der Waals surface area (Å²) in [6.07, 6.45) is 2.75. The third-order valence-corrected chi connectivity index (χ3v) is 3.08. The second-order valence-corrected chi connectivity index (χ2v) is 4.87. The minimum Gasteiger partial charge on any atom is -0.365 e. The number of rotatable bonds is 4. The van der Waals surface area contributed by atoms with Crippen molar-refractivity contribution in [2.24, 2.45) is 5.73 Å². The van der Waals surface area contributed by atoms with Gasteiger partial charge in [-0.2, -0.15) is 5.26 Å². The molecular formula is C16H11ClN4O2. The number of nitrogens with zero attached hydrogens (tertiary/aromatic N) is 2. The van der Waals surface area contributed by atoms with Crippen molar-refractivity contribution >= 4 is 35.2 Å². The Balaban J connectivity index is 2.11. The van der Waals surface area contributed by atoms with E-state index < -0.39 is 5.91 Å². The average Bonchev–Trinajstić information content (AvgIpc) is 2.54. The summed E-state index contributed by atoms with van der Waals surface area (Å²) in [7, 11) is 0. The number of nitriles is 1. The van der Waals surface area contributed by atoms with E-state index in [0.717, 1.165) is 0 Å². The van der Waals surface area contributed by atoms with E-state index in [9.17, 15) is 9.59 Å². The summed E-state index contributed by atoms with van der Waals surface area (Å²) in [5.41, 5.74) is 6.47. The minimum atomic E-state index is -0.792. The molecule has 0 saturated carbocycles. The van der Waals surface area contributed by atoms with Gasteiger partial charge in [0.25, 0.3) is 11.8 Å². The molecule has 0 saturated heterocycles. The number of hydrogen-bond donors (Lipinski definition) is 2. The first-order chi connectivity index (χ1) is 11.0. The number of carbonyl (C=O) groups excluding carboxylic acids is 2. The number of nitrogens with two attached hydrogens (primary N) is 1. The van der Waals surface area contributed by atoms with Gasteiger partial charge in [-0.3, -0.25) is 9.59 Å². The number of aromatic nitrogens is 1. The highest BCUT2D eigenvalue weighted by Gasteiger charge is 2.07. The maximum absolute atomic E-state index is 12.0. The van der Waals surface area contributed by atoms with E-state index in [1.165, 1.54) is 18.3 Å². The Morgan fingerprint density at radius 3 is 2.43 bits per heavy atom. The predicted octanol–water partition coefficient (Wildman–Crippen LogP) is 2.38.